The van der Waals surface area contributed by atoms with Crippen LogP contribution in [0.15, 0.2) is 24.3 Å². The molecule has 0 aliphatic carbocycles. The Balaban J connectivity index is 3.17. The Morgan fingerprint density at radius 1 is 1.31 bits per heavy atom. The van der Waals surface area contributed by atoms with Gasteiger partial charge in [0.1, 0.15) is 5.82 Å². The zero-order valence-corrected chi connectivity index (χ0v) is 6.66. The Kier molecular flexibility index (Phi) is 2.78. The third kappa shape index (κ3) is 2.15. The third-order valence-electron chi connectivity index (χ3n) is 1.47. The van der Waals surface area contributed by atoms with Crippen LogP contribution in [0.25, 0.3) is 6.08 Å². The smallest absolute Gasteiger partial charge is 0.124 e. The predicted molar refractivity (Wildman–Crippen MR) is 45.8 cm³/mol. The molecule has 0 unspecified atom stereocenters. The van der Waals surface area contributed by atoms with E-state index in [0.29, 0.717) is 5.56 Å². The second kappa shape index (κ2) is 4.04. The first-order valence-corrected chi connectivity index (χ1v) is 3.53. The lowest BCUT2D eigenvalue weighted by Gasteiger charge is -1.95. The zero-order chi connectivity index (χ0) is 9.68. The molecule has 0 saturated heterocycles. The van der Waals surface area contributed by atoms with Crippen LogP contribution in [-0.2, 0) is 0 Å². The van der Waals surface area contributed by atoms with E-state index in [4.69, 9.17) is 10.5 Å². The Labute approximate surface area is 75.2 Å². The lowest BCUT2D eigenvalue weighted by molar-refractivity contribution is 0.627. The van der Waals surface area contributed by atoms with Crippen molar-refractivity contribution >= 4 is 6.08 Å². The van der Waals surface area contributed by atoms with E-state index < -0.39 is 5.82 Å². The van der Waals surface area contributed by atoms with Gasteiger partial charge in [0.2, 0.25) is 0 Å². The molecule has 0 heterocycles. The van der Waals surface area contributed by atoms with Gasteiger partial charge in [-0.2, -0.15) is 10.5 Å². The van der Waals surface area contributed by atoms with Crippen molar-refractivity contribution in [2.45, 2.75) is 0 Å². The molecule has 0 N–H and O–H groups in total. The fourth-order valence-electron chi connectivity index (χ4n) is 0.898. The molecular weight excluding hydrogens is 167 g/mol. The van der Waals surface area contributed by atoms with E-state index in [9.17, 15) is 4.39 Å². The standard InChI is InChI=1S/C10H5FN2/c11-10-4-3-8(2-1-5-12)9(6-10)7-13/h1-4,6H. The maximum absolute atomic E-state index is 12.6. The van der Waals surface area contributed by atoms with Crippen molar-refractivity contribution in [2.24, 2.45) is 0 Å². The van der Waals surface area contributed by atoms with Crippen molar-refractivity contribution in [1.82, 2.24) is 0 Å². The van der Waals surface area contributed by atoms with Gasteiger partial charge in [0, 0.05) is 6.08 Å². The normalized spacial score (nSPS) is 9.46. The summed E-state index contributed by atoms with van der Waals surface area (Å²) in [5, 5.41) is 16.9. The maximum atomic E-state index is 12.6. The largest absolute Gasteiger partial charge is 0.207 e. The first kappa shape index (κ1) is 8.96. The topological polar surface area (TPSA) is 47.6 Å². The van der Waals surface area contributed by atoms with E-state index in [1.54, 1.807) is 6.07 Å². The molecule has 13 heavy (non-hydrogen) atoms. The Morgan fingerprint density at radius 3 is 2.69 bits per heavy atom. The summed E-state index contributed by atoms with van der Waals surface area (Å²) >= 11 is 0. The van der Waals surface area contributed by atoms with E-state index in [1.165, 1.54) is 24.3 Å². The number of hydrogen-bond acceptors (Lipinski definition) is 2. The molecule has 1 aromatic carbocycles. The van der Waals surface area contributed by atoms with Crippen molar-refractivity contribution in [1.29, 1.82) is 10.5 Å². The number of nitriles is 2. The second-order valence-electron chi connectivity index (χ2n) is 2.31. The summed E-state index contributed by atoms with van der Waals surface area (Å²) in [5.74, 6) is -0.453. The number of halogens is 1. The van der Waals surface area contributed by atoms with Gasteiger partial charge in [0.25, 0.3) is 0 Å². The molecule has 1 rings (SSSR count). The summed E-state index contributed by atoms with van der Waals surface area (Å²) in [4.78, 5) is 0. The number of allylic oxidation sites excluding steroid dienone is 1. The molecule has 0 spiro atoms. The van der Waals surface area contributed by atoms with Gasteiger partial charge >= 0.3 is 0 Å². The number of rotatable bonds is 1. The Bertz CT molecular complexity index is 422. The van der Waals surface area contributed by atoms with E-state index in [2.05, 4.69) is 0 Å². The molecule has 0 radical (unpaired) electrons. The van der Waals surface area contributed by atoms with Crippen LogP contribution in [0.3, 0.4) is 0 Å². The average Bonchev–Trinajstić information content (AvgIpc) is 2.16. The van der Waals surface area contributed by atoms with Gasteiger partial charge in [-0.15, -0.1) is 0 Å². The summed E-state index contributed by atoms with van der Waals surface area (Å²) in [5.41, 5.74) is 0.775. The molecule has 3 heteroatoms. The van der Waals surface area contributed by atoms with Crippen LogP contribution in [0, 0.1) is 28.5 Å². The summed E-state index contributed by atoms with van der Waals surface area (Å²) in [6.07, 6.45) is 2.71. The lowest BCUT2D eigenvalue weighted by Crippen LogP contribution is -1.83. The Hall–Kier alpha value is -2.13. The van der Waals surface area contributed by atoms with Gasteiger partial charge < -0.3 is 0 Å². The molecule has 0 fully saturated rings. The second-order valence-corrected chi connectivity index (χ2v) is 2.31. The fourth-order valence-corrected chi connectivity index (χ4v) is 0.898. The fraction of sp³-hybridized carbons (Fsp3) is 0. The minimum absolute atomic E-state index is 0.228. The molecule has 0 bridgehead atoms. The minimum atomic E-state index is -0.453. The summed E-state index contributed by atoms with van der Waals surface area (Å²) in [6, 6.07) is 7.49. The molecule has 0 aromatic heterocycles. The number of hydrogen-bond donors (Lipinski definition) is 0. The summed E-state index contributed by atoms with van der Waals surface area (Å²) in [6.45, 7) is 0. The van der Waals surface area contributed by atoms with Crippen LogP contribution in [0.4, 0.5) is 4.39 Å². The molecule has 0 aliphatic rings. The molecule has 62 valence electrons. The van der Waals surface area contributed by atoms with Crippen molar-refractivity contribution < 1.29 is 4.39 Å². The average molecular weight is 172 g/mol. The zero-order valence-electron chi connectivity index (χ0n) is 6.66. The van der Waals surface area contributed by atoms with E-state index >= 15 is 0 Å². The predicted octanol–water partition coefficient (Wildman–Crippen LogP) is 2.23. The van der Waals surface area contributed by atoms with Gasteiger partial charge in [-0.25, -0.2) is 4.39 Å². The van der Waals surface area contributed by atoms with Crippen molar-refractivity contribution in [3.63, 3.8) is 0 Å². The van der Waals surface area contributed by atoms with Crippen molar-refractivity contribution in [2.75, 3.05) is 0 Å². The van der Waals surface area contributed by atoms with Gasteiger partial charge in [-0.3, -0.25) is 0 Å². The number of nitrogens with zero attached hydrogens (tertiary/aromatic N) is 2. The van der Waals surface area contributed by atoms with Gasteiger partial charge in [-0.1, -0.05) is 6.07 Å². The molecular formula is C10H5FN2. The van der Waals surface area contributed by atoms with Crippen LogP contribution in [0.2, 0.25) is 0 Å². The minimum Gasteiger partial charge on any atom is -0.207 e. The molecule has 0 atom stereocenters. The highest BCUT2D eigenvalue weighted by Gasteiger charge is 1.99. The molecule has 0 aliphatic heterocycles. The van der Waals surface area contributed by atoms with E-state index in [1.807, 2.05) is 6.07 Å². The van der Waals surface area contributed by atoms with Crippen LogP contribution >= 0.6 is 0 Å². The van der Waals surface area contributed by atoms with Crippen LogP contribution in [-0.4, -0.2) is 0 Å². The third-order valence-corrected chi connectivity index (χ3v) is 1.47. The monoisotopic (exact) mass is 172 g/mol. The summed E-state index contributed by atoms with van der Waals surface area (Å²) < 4.78 is 12.6. The van der Waals surface area contributed by atoms with Gasteiger partial charge in [0.15, 0.2) is 0 Å². The van der Waals surface area contributed by atoms with Gasteiger partial charge in [-0.05, 0) is 23.8 Å². The molecule has 1 aromatic rings. The first-order chi connectivity index (χ1) is 6.27. The molecule has 0 saturated carbocycles. The summed E-state index contributed by atoms with van der Waals surface area (Å²) in [7, 11) is 0. The van der Waals surface area contributed by atoms with Crippen molar-refractivity contribution in [3.05, 3.63) is 41.2 Å². The highest BCUT2D eigenvalue weighted by Crippen LogP contribution is 2.11. The first-order valence-electron chi connectivity index (χ1n) is 3.53. The highest BCUT2D eigenvalue weighted by molar-refractivity contribution is 5.59. The van der Waals surface area contributed by atoms with Crippen LogP contribution in [0.5, 0.6) is 0 Å². The molecule has 0 amide bonds. The van der Waals surface area contributed by atoms with Gasteiger partial charge in [0.05, 0.1) is 17.7 Å². The van der Waals surface area contributed by atoms with Crippen molar-refractivity contribution in [3.8, 4) is 12.1 Å². The lowest BCUT2D eigenvalue weighted by atomic mass is 10.1. The van der Waals surface area contributed by atoms with E-state index in [0.717, 1.165) is 6.07 Å². The number of benzene rings is 1. The Morgan fingerprint density at radius 2 is 2.08 bits per heavy atom. The SMILES string of the molecule is N#CC=Cc1ccc(F)cc1C#N. The van der Waals surface area contributed by atoms with Crippen LogP contribution in [0.1, 0.15) is 11.1 Å². The van der Waals surface area contributed by atoms with E-state index in [-0.39, 0.29) is 5.56 Å². The maximum Gasteiger partial charge on any atom is 0.124 e. The van der Waals surface area contributed by atoms with Crippen LogP contribution < -0.4 is 0 Å². The highest BCUT2D eigenvalue weighted by atomic mass is 19.1. The molecule has 2 nitrogen and oxygen atoms in total. The quantitative estimate of drug-likeness (QED) is 0.610.